The Hall–Kier alpha value is -3.55. The first-order chi connectivity index (χ1) is 15.2. The predicted octanol–water partition coefficient (Wildman–Crippen LogP) is 3.93. The zero-order valence-electron chi connectivity index (χ0n) is 17.1. The monoisotopic (exact) mass is 416 g/mol. The molecule has 0 bridgehead atoms. The summed E-state index contributed by atoms with van der Waals surface area (Å²) in [5.41, 5.74) is 1.17. The maximum atomic E-state index is 12.4. The van der Waals surface area contributed by atoms with Gasteiger partial charge < -0.3 is 10.1 Å². The third-order valence-electron chi connectivity index (χ3n) is 6.08. The summed E-state index contributed by atoms with van der Waals surface area (Å²) in [6.45, 7) is 1.40. The lowest BCUT2D eigenvalue weighted by molar-refractivity contribution is 0.0148. The molecule has 8 heteroatoms. The number of pyridine rings is 2. The number of hydrogen-bond acceptors (Lipinski definition) is 7. The van der Waals surface area contributed by atoms with E-state index in [0.29, 0.717) is 18.3 Å². The number of rotatable bonds is 5. The van der Waals surface area contributed by atoms with Gasteiger partial charge in [0.25, 0.3) is 0 Å². The van der Waals surface area contributed by atoms with Gasteiger partial charge >= 0.3 is 6.09 Å². The zero-order chi connectivity index (χ0) is 21.1. The molecule has 0 unspecified atom stereocenters. The van der Waals surface area contributed by atoms with Crippen LogP contribution in [0, 0.1) is 5.92 Å². The number of amides is 1. The van der Waals surface area contributed by atoms with Crippen LogP contribution in [0.1, 0.15) is 25.7 Å². The third kappa shape index (κ3) is 4.19. The molecule has 1 aliphatic heterocycles. The minimum Gasteiger partial charge on any atom is -0.441 e. The first-order valence-electron chi connectivity index (χ1n) is 10.6. The van der Waals surface area contributed by atoms with Crippen LogP contribution < -0.4 is 10.2 Å². The van der Waals surface area contributed by atoms with Crippen molar-refractivity contribution in [2.45, 2.75) is 31.3 Å². The normalized spacial score (nSPS) is 23.0. The van der Waals surface area contributed by atoms with Crippen molar-refractivity contribution in [3.63, 3.8) is 0 Å². The van der Waals surface area contributed by atoms with Gasteiger partial charge in [-0.1, -0.05) is 12.1 Å². The molecule has 1 amide bonds. The molecule has 1 saturated carbocycles. The average Bonchev–Trinajstić information content (AvgIpc) is 3.16. The summed E-state index contributed by atoms with van der Waals surface area (Å²) < 4.78 is 5.82. The smallest absolute Gasteiger partial charge is 0.416 e. The highest BCUT2D eigenvalue weighted by atomic mass is 16.6. The summed E-state index contributed by atoms with van der Waals surface area (Å²) in [5, 5.41) is 11.9. The van der Waals surface area contributed by atoms with Gasteiger partial charge in [-0.2, -0.15) is 0 Å². The van der Waals surface area contributed by atoms with Crippen molar-refractivity contribution in [1.82, 2.24) is 20.2 Å². The van der Waals surface area contributed by atoms with Crippen LogP contribution in [0.4, 0.5) is 16.4 Å². The van der Waals surface area contributed by atoms with Gasteiger partial charge in [-0.25, -0.2) is 9.78 Å². The van der Waals surface area contributed by atoms with Crippen LogP contribution in [0.15, 0.2) is 60.9 Å². The van der Waals surface area contributed by atoms with Gasteiger partial charge in [0.2, 0.25) is 0 Å². The van der Waals surface area contributed by atoms with E-state index in [2.05, 4.69) is 25.5 Å². The van der Waals surface area contributed by atoms with E-state index in [-0.39, 0.29) is 6.09 Å². The number of nitrogens with one attached hydrogen (secondary N) is 1. The Morgan fingerprint density at radius 2 is 1.77 bits per heavy atom. The average molecular weight is 416 g/mol. The molecule has 5 rings (SSSR count). The molecule has 0 atom stereocenters. The molecule has 8 nitrogen and oxygen atoms in total. The maximum absolute atomic E-state index is 12.4. The minimum absolute atomic E-state index is 0.293. The second kappa shape index (κ2) is 8.29. The molecule has 0 aromatic carbocycles. The topological polar surface area (TPSA) is 93.1 Å². The Balaban J connectivity index is 1.14. The SMILES string of the molecule is O=C1OC2(CCC(CNc3ccc(-c4ccccn4)nn3)CC2)CN1c1ccccn1. The van der Waals surface area contributed by atoms with Crippen LogP contribution in [0.2, 0.25) is 0 Å². The number of anilines is 2. The quantitative estimate of drug-likeness (QED) is 0.673. The molecule has 2 fully saturated rings. The second-order valence-electron chi connectivity index (χ2n) is 8.17. The van der Waals surface area contributed by atoms with Crippen molar-refractivity contribution in [2.24, 2.45) is 5.92 Å². The summed E-state index contributed by atoms with van der Waals surface area (Å²) in [5.74, 6) is 1.92. The third-order valence-corrected chi connectivity index (χ3v) is 6.08. The Labute approximate surface area is 180 Å². The van der Waals surface area contributed by atoms with E-state index < -0.39 is 5.60 Å². The van der Waals surface area contributed by atoms with Crippen LogP contribution in [0.5, 0.6) is 0 Å². The highest BCUT2D eigenvalue weighted by Crippen LogP contribution is 2.40. The van der Waals surface area contributed by atoms with Gasteiger partial charge in [0, 0.05) is 18.9 Å². The molecule has 4 heterocycles. The molecular weight excluding hydrogens is 392 g/mol. The molecule has 158 valence electrons. The molecule has 3 aromatic heterocycles. The van der Waals surface area contributed by atoms with Gasteiger partial charge in [0.05, 0.1) is 12.2 Å². The van der Waals surface area contributed by atoms with Crippen molar-refractivity contribution in [1.29, 1.82) is 0 Å². The first kappa shape index (κ1) is 19.4. The lowest BCUT2D eigenvalue weighted by Crippen LogP contribution is -2.39. The van der Waals surface area contributed by atoms with Gasteiger partial charge in [-0.15, -0.1) is 10.2 Å². The van der Waals surface area contributed by atoms with Crippen LogP contribution in [-0.4, -0.2) is 44.9 Å². The Morgan fingerprint density at radius 1 is 0.968 bits per heavy atom. The van der Waals surface area contributed by atoms with Crippen molar-refractivity contribution < 1.29 is 9.53 Å². The van der Waals surface area contributed by atoms with E-state index >= 15 is 0 Å². The van der Waals surface area contributed by atoms with Crippen LogP contribution in [-0.2, 0) is 4.74 Å². The molecular formula is C23H24N6O2. The van der Waals surface area contributed by atoms with E-state index in [1.165, 1.54) is 0 Å². The number of carbonyl (C=O) groups excluding carboxylic acids is 1. The molecule has 2 aliphatic rings. The fourth-order valence-electron chi connectivity index (χ4n) is 4.31. The molecule has 1 spiro atoms. The van der Waals surface area contributed by atoms with E-state index in [1.54, 1.807) is 17.3 Å². The maximum Gasteiger partial charge on any atom is 0.416 e. The minimum atomic E-state index is -0.394. The standard InChI is InChI=1S/C23H24N6O2/c30-22-29(21-6-2-4-14-25-21)16-23(31-22)11-9-17(10-12-23)15-26-20-8-7-19(27-28-20)18-5-1-3-13-24-18/h1-8,13-14,17H,9-12,15-16H2,(H,26,28). The van der Waals surface area contributed by atoms with E-state index in [1.807, 2.05) is 48.5 Å². The first-order valence-corrected chi connectivity index (χ1v) is 10.6. The summed E-state index contributed by atoms with van der Waals surface area (Å²) in [4.78, 5) is 22.6. The van der Waals surface area contributed by atoms with Crippen molar-refractivity contribution in [3.05, 3.63) is 60.9 Å². The number of ether oxygens (including phenoxy) is 1. The highest BCUT2D eigenvalue weighted by Gasteiger charge is 2.47. The van der Waals surface area contributed by atoms with E-state index in [0.717, 1.165) is 49.4 Å². The van der Waals surface area contributed by atoms with Gasteiger partial charge in [-0.05, 0) is 68.0 Å². The Morgan fingerprint density at radius 3 is 2.45 bits per heavy atom. The van der Waals surface area contributed by atoms with Crippen LogP contribution in [0.3, 0.4) is 0 Å². The lowest BCUT2D eigenvalue weighted by Gasteiger charge is -2.35. The highest BCUT2D eigenvalue weighted by molar-refractivity contribution is 5.89. The zero-order valence-corrected chi connectivity index (χ0v) is 17.1. The van der Waals surface area contributed by atoms with E-state index in [9.17, 15) is 4.79 Å². The molecule has 1 N–H and O–H groups in total. The molecule has 0 radical (unpaired) electrons. The van der Waals surface area contributed by atoms with Gasteiger partial charge in [0.1, 0.15) is 22.9 Å². The molecule has 31 heavy (non-hydrogen) atoms. The Kier molecular flexibility index (Phi) is 5.19. The number of aromatic nitrogens is 4. The van der Waals surface area contributed by atoms with Crippen LogP contribution >= 0.6 is 0 Å². The van der Waals surface area contributed by atoms with Gasteiger partial charge in [-0.3, -0.25) is 9.88 Å². The van der Waals surface area contributed by atoms with Crippen LogP contribution in [0.25, 0.3) is 11.4 Å². The fourth-order valence-corrected chi connectivity index (χ4v) is 4.31. The molecule has 1 saturated heterocycles. The summed E-state index contributed by atoms with van der Waals surface area (Å²) >= 11 is 0. The van der Waals surface area contributed by atoms with E-state index in [4.69, 9.17) is 4.74 Å². The summed E-state index contributed by atoms with van der Waals surface area (Å²) in [7, 11) is 0. The number of nitrogens with zero attached hydrogens (tertiary/aromatic N) is 5. The van der Waals surface area contributed by atoms with Gasteiger partial charge in [0.15, 0.2) is 0 Å². The number of hydrogen-bond donors (Lipinski definition) is 1. The van der Waals surface area contributed by atoms with Crippen molar-refractivity contribution in [3.8, 4) is 11.4 Å². The largest absolute Gasteiger partial charge is 0.441 e. The Bertz CT molecular complexity index is 1020. The summed E-state index contributed by atoms with van der Waals surface area (Å²) in [6.07, 6.45) is 6.86. The second-order valence-corrected chi connectivity index (χ2v) is 8.17. The lowest BCUT2D eigenvalue weighted by atomic mass is 9.78. The molecule has 3 aromatic rings. The fraction of sp³-hybridized carbons (Fsp3) is 0.348. The van der Waals surface area contributed by atoms with Crippen molar-refractivity contribution >= 4 is 17.7 Å². The van der Waals surface area contributed by atoms with Crippen molar-refractivity contribution in [2.75, 3.05) is 23.3 Å². The summed E-state index contributed by atoms with van der Waals surface area (Å²) in [6, 6.07) is 15.2. The number of carbonyl (C=O) groups is 1. The predicted molar refractivity (Wildman–Crippen MR) is 117 cm³/mol. The molecule has 1 aliphatic carbocycles.